The van der Waals surface area contributed by atoms with Crippen molar-refractivity contribution in [3.05, 3.63) is 16.5 Å². The van der Waals surface area contributed by atoms with Crippen LogP contribution < -0.4 is 5.32 Å². The second-order valence-corrected chi connectivity index (χ2v) is 6.00. The van der Waals surface area contributed by atoms with Crippen molar-refractivity contribution < 1.29 is 5.11 Å². The van der Waals surface area contributed by atoms with Crippen molar-refractivity contribution in [2.75, 3.05) is 11.9 Å². The molecule has 2 N–H and O–H groups in total. The quantitative estimate of drug-likeness (QED) is 0.791. The summed E-state index contributed by atoms with van der Waals surface area (Å²) in [5.41, 5.74) is -0.704. The molecule has 5 heteroatoms. The Morgan fingerprint density at radius 1 is 1.44 bits per heavy atom. The third-order valence-corrected chi connectivity index (χ3v) is 3.07. The van der Waals surface area contributed by atoms with E-state index in [4.69, 9.17) is 0 Å². The standard InChI is InChI=1S/C13H22BrN3O/c1-5-6-13(4,18)8-15-11-7-10(14)16-12(17-11)9(2)3/h7,9,18H,5-6,8H2,1-4H3,(H,15,16,17). The maximum Gasteiger partial charge on any atom is 0.134 e. The minimum atomic E-state index is -0.704. The van der Waals surface area contributed by atoms with Crippen molar-refractivity contribution >= 4 is 21.7 Å². The molecule has 0 saturated heterocycles. The molecule has 1 rings (SSSR count). The monoisotopic (exact) mass is 315 g/mol. The van der Waals surface area contributed by atoms with Gasteiger partial charge in [0.1, 0.15) is 16.2 Å². The lowest BCUT2D eigenvalue weighted by Gasteiger charge is -2.23. The third kappa shape index (κ3) is 4.90. The van der Waals surface area contributed by atoms with Crippen molar-refractivity contribution in [1.82, 2.24) is 9.97 Å². The van der Waals surface area contributed by atoms with Gasteiger partial charge in [-0.2, -0.15) is 0 Å². The van der Waals surface area contributed by atoms with Gasteiger partial charge in [-0.25, -0.2) is 9.97 Å². The fourth-order valence-electron chi connectivity index (χ4n) is 1.69. The first-order valence-electron chi connectivity index (χ1n) is 6.35. The van der Waals surface area contributed by atoms with E-state index in [-0.39, 0.29) is 5.92 Å². The van der Waals surface area contributed by atoms with Crippen LogP contribution in [-0.4, -0.2) is 27.2 Å². The van der Waals surface area contributed by atoms with Gasteiger partial charge in [0.15, 0.2) is 0 Å². The predicted molar refractivity (Wildman–Crippen MR) is 77.8 cm³/mol. The normalized spacial score (nSPS) is 14.6. The van der Waals surface area contributed by atoms with Gasteiger partial charge >= 0.3 is 0 Å². The molecule has 0 amide bonds. The molecular formula is C13H22BrN3O. The van der Waals surface area contributed by atoms with Crippen LogP contribution >= 0.6 is 15.9 Å². The van der Waals surface area contributed by atoms with Gasteiger partial charge in [0, 0.05) is 18.5 Å². The maximum atomic E-state index is 10.1. The zero-order chi connectivity index (χ0) is 13.8. The SMILES string of the molecule is CCCC(C)(O)CNc1cc(Br)nc(C(C)C)n1. The second kappa shape index (κ2) is 6.48. The fourth-order valence-corrected chi connectivity index (χ4v) is 2.09. The molecule has 0 saturated carbocycles. The van der Waals surface area contributed by atoms with Crippen LogP contribution in [0, 0.1) is 0 Å². The van der Waals surface area contributed by atoms with Crippen LogP contribution in [0.15, 0.2) is 10.7 Å². The first-order chi connectivity index (χ1) is 8.34. The summed E-state index contributed by atoms with van der Waals surface area (Å²) in [6, 6.07) is 1.83. The Bertz CT molecular complexity index is 394. The Morgan fingerprint density at radius 3 is 2.67 bits per heavy atom. The minimum absolute atomic E-state index is 0.277. The van der Waals surface area contributed by atoms with Crippen molar-refractivity contribution in [1.29, 1.82) is 0 Å². The number of hydrogen-bond donors (Lipinski definition) is 2. The summed E-state index contributed by atoms with van der Waals surface area (Å²) in [6.07, 6.45) is 1.72. The summed E-state index contributed by atoms with van der Waals surface area (Å²) >= 11 is 3.38. The summed E-state index contributed by atoms with van der Waals surface area (Å²) in [5, 5.41) is 13.3. The van der Waals surface area contributed by atoms with Crippen LogP contribution in [0.5, 0.6) is 0 Å². The lowest BCUT2D eigenvalue weighted by atomic mass is 10.0. The number of hydrogen-bond acceptors (Lipinski definition) is 4. The van der Waals surface area contributed by atoms with Crippen LogP contribution in [0.2, 0.25) is 0 Å². The van der Waals surface area contributed by atoms with E-state index in [9.17, 15) is 5.11 Å². The smallest absolute Gasteiger partial charge is 0.134 e. The van der Waals surface area contributed by atoms with E-state index in [0.29, 0.717) is 6.54 Å². The predicted octanol–water partition coefficient (Wildman–Crippen LogP) is 3.33. The van der Waals surface area contributed by atoms with Crippen molar-refractivity contribution in [3.8, 4) is 0 Å². The van der Waals surface area contributed by atoms with Gasteiger partial charge in [-0.15, -0.1) is 0 Å². The van der Waals surface area contributed by atoms with E-state index < -0.39 is 5.60 Å². The second-order valence-electron chi connectivity index (χ2n) is 5.19. The Hall–Kier alpha value is -0.680. The molecule has 1 aromatic heterocycles. The zero-order valence-electron chi connectivity index (χ0n) is 11.5. The molecule has 0 aliphatic heterocycles. The highest BCUT2D eigenvalue weighted by Crippen LogP contribution is 2.19. The van der Waals surface area contributed by atoms with E-state index in [2.05, 4.69) is 52.0 Å². The number of nitrogens with one attached hydrogen (secondary N) is 1. The molecule has 0 fully saturated rings. The van der Waals surface area contributed by atoms with Gasteiger partial charge in [0.25, 0.3) is 0 Å². The highest BCUT2D eigenvalue weighted by atomic mass is 79.9. The van der Waals surface area contributed by atoms with Crippen LogP contribution in [-0.2, 0) is 0 Å². The molecule has 0 aliphatic rings. The molecule has 0 aromatic carbocycles. The number of aromatic nitrogens is 2. The first-order valence-corrected chi connectivity index (χ1v) is 7.14. The summed E-state index contributed by atoms with van der Waals surface area (Å²) in [4.78, 5) is 8.75. The lowest BCUT2D eigenvalue weighted by Crippen LogP contribution is -2.33. The molecule has 1 aromatic rings. The molecule has 1 heterocycles. The van der Waals surface area contributed by atoms with Crippen LogP contribution in [0.3, 0.4) is 0 Å². The summed E-state index contributed by atoms with van der Waals surface area (Å²) in [5.74, 6) is 1.82. The number of anilines is 1. The van der Waals surface area contributed by atoms with Crippen molar-refractivity contribution in [3.63, 3.8) is 0 Å². The highest BCUT2D eigenvalue weighted by Gasteiger charge is 2.19. The Kier molecular flexibility index (Phi) is 5.53. The van der Waals surface area contributed by atoms with Crippen molar-refractivity contribution in [2.45, 2.75) is 52.1 Å². The zero-order valence-corrected chi connectivity index (χ0v) is 13.1. The van der Waals surface area contributed by atoms with Crippen molar-refractivity contribution in [2.24, 2.45) is 0 Å². The molecular weight excluding hydrogens is 294 g/mol. The summed E-state index contributed by atoms with van der Waals surface area (Å²) < 4.78 is 0.763. The van der Waals surface area contributed by atoms with E-state index in [0.717, 1.165) is 29.1 Å². The fraction of sp³-hybridized carbons (Fsp3) is 0.692. The Balaban J connectivity index is 2.73. The van der Waals surface area contributed by atoms with Gasteiger partial charge in [0.2, 0.25) is 0 Å². The number of rotatable bonds is 6. The van der Waals surface area contributed by atoms with Gasteiger partial charge in [0.05, 0.1) is 5.60 Å². The molecule has 18 heavy (non-hydrogen) atoms. The summed E-state index contributed by atoms with van der Waals surface area (Å²) in [6.45, 7) is 8.50. The molecule has 1 unspecified atom stereocenters. The molecule has 0 aliphatic carbocycles. The average Bonchev–Trinajstić information content (AvgIpc) is 2.26. The highest BCUT2D eigenvalue weighted by molar-refractivity contribution is 9.10. The molecule has 1 atom stereocenters. The van der Waals surface area contributed by atoms with E-state index in [1.165, 1.54) is 0 Å². The largest absolute Gasteiger partial charge is 0.388 e. The van der Waals surface area contributed by atoms with Gasteiger partial charge in [-0.1, -0.05) is 27.2 Å². The van der Waals surface area contributed by atoms with Gasteiger partial charge < -0.3 is 10.4 Å². The van der Waals surface area contributed by atoms with Crippen LogP contribution in [0.4, 0.5) is 5.82 Å². The molecule has 4 nitrogen and oxygen atoms in total. The molecule has 0 spiro atoms. The molecule has 102 valence electrons. The van der Waals surface area contributed by atoms with Gasteiger partial charge in [-0.05, 0) is 29.3 Å². The number of halogens is 1. The first kappa shape index (κ1) is 15.4. The summed E-state index contributed by atoms with van der Waals surface area (Å²) in [7, 11) is 0. The van der Waals surface area contributed by atoms with E-state index in [1.54, 1.807) is 0 Å². The van der Waals surface area contributed by atoms with E-state index in [1.807, 2.05) is 13.0 Å². The Morgan fingerprint density at radius 2 is 2.11 bits per heavy atom. The van der Waals surface area contributed by atoms with Crippen LogP contribution in [0.25, 0.3) is 0 Å². The average molecular weight is 316 g/mol. The third-order valence-electron chi connectivity index (χ3n) is 2.67. The minimum Gasteiger partial charge on any atom is -0.388 e. The van der Waals surface area contributed by atoms with Crippen LogP contribution in [0.1, 0.15) is 52.3 Å². The molecule has 0 radical (unpaired) electrons. The number of aliphatic hydroxyl groups is 1. The maximum absolute atomic E-state index is 10.1. The topological polar surface area (TPSA) is 58.0 Å². The lowest BCUT2D eigenvalue weighted by molar-refractivity contribution is 0.0636. The Labute approximate surface area is 117 Å². The van der Waals surface area contributed by atoms with Gasteiger partial charge in [-0.3, -0.25) is 0 Å². The van der Waals surface area contributed by atoms with E-state index >= 15 is 0 Å². The number of nitrogens with zero attached hydrogens (tertiary/aromatic N) is 2. The molecule has 0 bridgehead atoms.